The maximum atomic E-state index is 13.8. The van der Waals surface area contributed by atoms with Gasteiger partial charge in [-0.3, -0.25) is 9.52 Å². The highest BCUT2D eigenvalue weighted by atomic mass is 79.9. The van der Waals surface area contributed by atoms with E-state index in [1.54, 1.807) is 14.0 Å². The lowest BCUT2D eigenvalue weighted by molar-refractivity contribution is -0.125. The number of sulfonamides is 1. The van der Waals surface area contributed by atoms with Crippen LogP contribution in [0, 0.1) is 11.6 Å². The molecule has 0 saturated carbocycles. The molecule has 1 heterocycles. The van der Waals surface area contributed by atoms with Crippen LogP contribution in [0.1, 0.15) is 6.92 Å². The number of likely N-dealkylation sites (N-methyl/N-ethyl adjacent to an activating group) is 1. The van der Waals surface area contributed by atoms with Gasteiger partial charge in [-0.25, -0.2) is 17.2 Å². The predicted molar refractivity (Wildman–Crippen MR) is 94.8 cm³/mol. The van der Waals surface area contributed by atoms with Crippen molar-refractivity contribution in [3.05, 3.63) is 46.4 Å². The molecule has 0 spiro atoms. The summed E-state index contributed by atoms with van der Waals surface area (Å²) in [5.41, 5.74) is 0.00416. The zero-order chi connectivity index (χ0) is 19.2. The minimum Gasteiger partial charge on any atom is -0.479 e. The summed E-state index contributed by atoms with van der Waals surface area (Å²) in [7, 11) is -2.66. The van der Waals surface area contributed by atoms with Crippen LogP contribution >= 0.6 is 15.9 Å². The maximum absolute atomic E-state index is 13.8. The highest BCUT2D eigenvalue weighted by molar-refractivity contribution is 9.10. The molecule has 2 aromatic carbocycles. The summed E-state index contributed by atoms with van der Waals surface area (Å²) in [5.74, 6) is -1.94. The number of halogens is 3. The molecule has 0 aliphatic carbocycles. The van der Waals surface area contributed by atoms with Crippen molar-refractivity contribution < 1.29 is 26.7 Å². The van der Waals surface area contributed by atoms with Crippen LogP contribution in [0.15, 0.2) is 39.7 Å². The number of nitrogens with zero attached hydrogens (tertiary/aromatic N) is 1. The second kappa shape index (κ2) is 6.51. The van der Waals surface area contributed by atoms with Crippen LogP contribution < -0.4 is 14.4 Å². The Morgan fingerprint density at radius 2 is 1.92 bits per heavy atom. The molecule has 1 aliphatic heterocycles. The SMILES string of the molecule is CC1Oc2cc(S(=O)(=O)Nc3ccc(F)cc3F)c(Br)cc2N(C)C1=O. The van der Waals surface area contributed by atoms with E-state index in [2.05, 4.69) is 20.7 Å². The quantitative estimate of drug-likeness (QED) is 0.784. The van der Waals surface area contributed by atoms with E-state index >= 15 is 0 Å². The van der Waals surface area contributed by atoms with Crippen molar-refractivity contribution in [3.63, 3.8) is 0 Å². The summed E-state index contributed by atoms with van der Waals surface area (Å²) in [5, 5.41) is 0. The second-order valence-corrected chi connectivity index (χ2v) is 8.14. The fraction of sp³-hybridized carbons (Fsp3) is 0.188. The van der Waals surface area contributed by atoms with Crippen molar-refractivity contribution >= 4 is 43.2 Å². The Kier molecular flexibility index (Phi) is 4.65. The summed E-state index contributed by atoms with van der Waals surface area (Å²) in [4.78, 5) is 13.1. The minimum absolute atomic E-state index is 0.157. The van der Waals surface area contributed by atoms with Crippen LogP contribution in [0.2, 0.25) is 0 Å². The summed E-state index contributed by atoms with van der Waals surface area (Å²) in [6, 6.07) is 5.16. The summed E-state index contributed by atoms with van der Waals surface area (Å²) >= 11 is 3.15. The highest BCUT2D eigenvalue weighted by Crippen LogP contribution is 2.39. The molecule has 138 valence electrons. The average molecular weight is 447 g/mol. The molecule has 1 amide bonds. The van der Waals surface area contributed by atoms with Crippen LogP contribution in [0.25, 0.3) is 0 Å². The van der Waals surface area contributed by atoms with Gasteiger partial charge < -0.3 is 9.64 Å². The lowest BCUT2D eigenvalue weighted by Crippen LogP contribution is -2.42. The van der Waals surface area contributed by atoms with Crippen LogP contribution in [0.4, 0.5) is 20.2 Å². The van der Waals surface area contributed by atoms with E-state index in [0.717, 1.165) is 12.1 Å². The molecule has 1 atom stereocenters. The molecule has 0 fully saturated rings. The second-order valence-electron chi connectivity index (χ2n) is 5.64. The Morgan fingerprint density at radius 1 is 1.23 bits per heavy atom. The number of anilines is 2. The number of hydrogen-bond donors (Lipinski definition) is 1. The van der Waals surface area contributed by atoms with Crippen LogP contribution in [0.5, 0.6) is 5.75 Å². The number of carbonyl (C=O) groups excluding carboxylic acids is 1. The smallest absolute Gasteiger partial charge is 0.267 e. The van der Waals surface area contributed by atoms with E-state index in [1.807, 2.05) is 0 Å². The number of nitrogens with one attached hydrogen (secondary N) is 1. The predicted octanol–water partition coefficient (Wildman–Crippen LogP) is 3.27. The van der Waals surface area contributed by atoms with E-state index in [0.29, 0.717) is 11.8 Å². The fourth-order valence-electron chi connectivity index (χ4n) is 2.49. The van der Waals surface area contributed by atoms with Gasteiger partial charge in [0, 0.05) is 23.7 Å². The van der Waals surface area contributed by atoms with Gasteiger partial charge in [-0.1, -0.05) is 0 Å². The van der Waals surface area contributed by atoms with Gasteiger partial charge in [-0.2, -0.15) is 0 Å². The third kappa shape index (κ3) is 3.26. The summed E-state index contributed by atoms with van der Waals surface area (Å²) in [6.07, 6.45) is -0.772. The first kappa shape index (κ1) is 18.6. The van der Waals surface area contributed by atoms with Gasteiger partial charge in [-0.05, 0) is 41.1 Å². The van der Waals surface area contributed by atoms with E-state index < -0.39 is 33.4 Å². The topological polar surface area (TPSA) is 75.7 Å². The van der Waals surface area contributed by atoms with Gasteiger partial charge in [0.1, 0.15) is 22.3 Å². The van der Waals surface area contributed by atoms with E-state index in [-0.39, 0.29) is 21.0 Å². The molecule has 1 aliphatic rings. The number of hydrogen-bond acceptors (Lipinski definition) is 4. The Bertz CT molecular complexity index is 1010. The standard InChI is InChI=1S/C16H13BrF2N2O4S/c1-8-16(22)21(2)13-6-10(17)15(7-14(13)25-8)26(23,24)20-12-4-3-9(18)5-11(12)19/h3-8,20H,1-2H3. The first-order valence-corrected chi connectivity index (χ1v) is 9.63. The maximum Gasteiger partial charge on any atom is 0.267 e. The van der Waals surface area contributed by atoms with Gasteiger partial charge in [0.15, 0.2) is 6.10 Å². The van der Waals surface area contributed by atoms with Gasteiger partial charge in [0.2, 0.25) is 0 Å². The molecule has 1 unspecified atom stereocenters. The molecule has 2 aromatic rings. The molecule has 0 aromatic heterocycles. The molecule has 0 radical (unpaired) electrons. The van der Waals surface area contributed by atoms with Gasteiger partial charge in [-0.15, -0.1) is 0 Å². The first-order chi connectivity index (χ1) is 12.1. The van der Waals surface area contributed by atoms with E-state index in [1.165, 1.54) is 17.0 Å². The number of ether oxygens (including phenoxy) is 1. The first-order valence-electron chi connectivity index (χ1n) is 7.36. The van der Waals surface area contributed by atoms with Gasteiger partial charge >= 0.3 is 0 Å². The Morgan fingerprint density at radius 3 is 2.58 bits per heavy atom. The monoisotopic (exact) mass is 446 g/mol. The molecular formula is C16H13BrF2N2O4S. The van der Waals surface area contributed by atoms with Crippen molar-refractivity contribution in [2.45, 2.75) is 17.9 Å². The molecule has 0 saturated heterocycles. The minimum atomic E-state index is -4.20. The van der Waals surface area contributed by atoms with Gasteiger partial charge in [0.25, 0.3) is 15.9 Å². The Hall–Kier alpha value is -2.20. The lowest BCUT2D eigenvalue weighted by Gasteiger charge is -2.30. The lowest BCUT2D eigenvalue weighted by atomic mass is 10.2. The van der Waals surface area contributed by atoms with Crippen LogP contribution in [0.3, 0.4) is 0 Å². The third-order valence-corrected chi connectivity index (χ3v) is 6.15. The molecule has 0 bridgehead atoms. The molecule has 10 heteroatoms. The number of fused-ring (bicyclic) bond motifs is 1. The summed E-state index contributed by atoms with van der Waals surface area (Å²) in [6.45, 7) is 1.55. The Balaban J connectivity index is 2.03. The van der Waals surface area contributed by atoms with Crippen molar-refractivity contribution in [2.24, 2.45) is 0 Å². The Labute approximate surface area is 156 Å². The normalized spacial score (nSPS) is 16.9. The number of rotatable bonds is 3. The van der Waals surface area contributed by atoms with Crippen LogP contribution in [-0.4, -0.2) is 27.5 Å². The number of carbonyl (C=O) groups is 1. The van der Waals surface area contributed by atoms with Crippen LogP contribution in [-0.2, 0) is 14.8 Å². The van der Waals surface area contributed by atoms with Crippen molar-refractivity contribution in [1.29, 1.82) is 0 Å². The van der Waals surface area contributed by atoms with E-state index in [9.17, 15) is 22.0 Å². The summed E-state index contributed by atoms with van der Waals surface area (Å²) < 4.78 is 59.7. The molecule has 3 rings (SSSR count). The highest BCUT2D eigenvalue weighted by Gasteiger charge is 2.32. The zero-order valence-electron chi connectivity index (χ0n) is 13.6. The molecule has 6 nitrogen and oxygen atoms in total. The van der Waals surface area contributed by atoms with Crippen molar-refractivity contribution in [3.8, 4) is 5.75 Å². The molecular weight excluding hydrogens is 434 g/mol. The third-order valence-electron chi connectivity index (χ3n) is 3.82. The molecule has 1 N–H and O–H groups in total. The number of amides is 1. The fourth-order valence-corrected chi connectivity index (χ4v) is 4.60. The molecule has 26 heavy (non-hydrogen) atoms. The van der Waals surface area contributed by atoms with E-state index in [4.69, 9.17) is 4.74 Å². The zero-order valence-corrected chi connectivity index (χ0v) is 16.0. The largest absolute Gasteiger partial charge is 0.479 e. The van der Waals surface area contributed by atoms with Crippen molar-refractivity contribution in [2.75, 3.05) is 16.7 Å². The number of benzene rings is 2. The average Bonchev–Trinajstić information content (AvgIpc) is 2.56. The van der Waals surface area contributed by atoms with Gasteiger partial charge in [0.05, 0.1) is 11.4 Å². The van der Waals surface area contributed by atoms with Crippen molar-refractivity contribution in [1.82, 2.24) is 0 Å².